The second kappa shape index (κ2) is 22.0. The van der Waals surface area contributed by atoms with Crippen LogP contribution in [0.2, 0.25) is 0 Å². The lowest BCUT2D eigenvalue weighted by atomic mass is 10.0. The van der Waals surface area contributed by atoms with Crippen molar-refractivity contribution in [3.8, 4) is 0 Å². The molecule has 0 saturated heterocycles. The molecule has 0 N–H and O–H groups in total. The predicted octanol–water partition coefficient (Wildman–Crippen LogP) is 16.0. The molecule has 60 heavy (non-hydrogen) atoms. The first kappa shape index (κ1) is 42.3. The molecule has 0 fully saturated rings. The lowest BCUT2D eigenvalue weighted by Gasteiger charge is -2.12. The third-order valence-electron chi connectivity index (χ3n) is 12.5. The Morgan fingerprint density at radius 3 is 0.967 bits per heavy atom. The summed E-state index contributed by atoms with van der Waals surface area (Å²) < 4.78 is 7.33. The van der Waals surface area contributed by atoms with Crippen LogP contribution >= 0.6 is 0 Å². The summed E-state index contributed by atoms with van der Waals surface area (Å²) in [6.07, 6.45) is 23.3. The van der Waals surface area contributed by atoms with Crippen molar-refractivity contribution in [2.24, 2.45) is 15.3 Å². The summed E-state index contributed by atoms with van der Waals surface area (Å²) >= 11 is 0. The normalized spacial score (nSPS) is 11.6. The van der Waals surface area contributed by atoms with Gasteiger partial charge < -0.3 is 13.7 Å². The zero-order valence-electron chi connectivity index (χ0n) is 35.3. The molecule has 3 aromatic heterocycles. The molecule has 0 unspecified atom stereocenters. The monoisotopic (exact) mass is 805 g/mol. The van der Waals surface area contributed by atoms with Gasteiger partial charge in [-0.05, 0) is 47.6 Å². The molecule has 7 rings (SSSR count). The first-order valence-electron chi connectivity index (χ1n) is 22.7. The van der Waals surface area contributed by atoms with Gasteiger partial charge in [0.05, 0.1) is 16.6 Å². The van der Waals surface area contributed by atoms with Gasteiger partial charge in [0.15, 0.2) is 0 Å². The van der Waals surface area contributed by atoms with Crippen LogP contribution in [-0.2, 0) is 19.6 Å². The molecule has 0 spiro atoms. The fraction of sp³-hybridized carbons (Fsp3) is 0.500. The number of aryl methyl sites for hydroxylation is 1. The first-order chi connectivity index (χ1) is 29.8. The molecule has 312 valence electrons. The van der Waals surface area contributed by atoms with Crippen LogP contribution in [0.5, 0.6) is 0 Å². The lowest BCUT2D eigenvalue weighted by Crippen LogP contribution is -2.03. The van der Waals surface area contributed by atoms with E-state index in [1.807, 2.05) is 0 Å². The minimum Gasteiger partial charge on any atom is -0.340 e. The Bertz CT molecular complexity index is 2610. The maximum absolute atomic E-state index is 9.26. The average molecular weight is 805 g/mol. The largest absolute Gasteiger partial charge is 0.340 e. The fourth-order valence-corrected chi connectivity index (χ4v) is 9.81. The maximum atomic E-state index is 9.26. The van der Waals surface area contributed by atoms with Crippen molar-refractivity contribution in [1.82, 2.24) is 13.7 Å². The Kier molecular flexibility index (Phi) is 15.5. The number of para-hydroxylation sites is 3. The second-order valence-corrected chi connectivity index (χ2v) is 16.4. The van der Waals surface area contributed by atoms with E-state index in [1.165, 1.54) is 146 Å². The number of nitrogens with zero attached hydrogens (tertiary/aromatic N) is 12. The minimum atomic E-state index is 0.355. The number of unbranched alkanes of at least 4 members (excludes halogenated alkanes) is 17. The van der Waals surface area contributed by atoms with Gasteiger partial charge in [-0.15, -0.1) is 0 Å². The van der Waals surface area contributed by atoms with Crippen LogP contribution in [0.1, 0.15) is 116 Å². The van der Waals surface area contributed by atoms with Crippen molar-refractivity contribution in [2.75, 3.05) is 19.6 Å². The number of azide groups is 3. The van der Waals surface area contributed by atoms with Crippen molar-refractivity contribution < 1.29 is 0 Å². The predicted molar refractivity (Wildman–Crippen MR) is 251 cm³/mol. The summed E-state index contributed by atoms with van der Waals surface area (Å²) in [5.74, 6) is 0. The highest BCUT2D eigenvalue weighted by molar-refractivity contribution is 6.39. The Labute approximate surface area is 352 Å². The molecule has 3 heterocycles. The highest BCUT2D eigenvalue weighted by atomic mass is 15.2. The molecule has 12 nitrogen and oxygen atoms in total. The van der Waals surface area contributed by atoms with E-state index >= 15 is 0 Å². The standard InChI is InChI=1S/C48H60N12/c49-55-52-31-23-15-13-11-9-7-5-3-1-2-4-6-8-10-12-14-16-24-34-58-40-28-20-17-25-37(40)43-46(58)44-38-26-18-21-29-41(38)59(35-32-53-56-50)48(44)45-39-27-19-22-30-42(39)60(47(43)45)36-33-54-57-51/h17-22,25-30H,1-16,23-24,31-36H2. The SMILES string of the molecule is [N-]=[N+]=NCCCCCCCCCCCCCCCCCCCCn1c2ccccc2c2c1c1c3ccccc3n(CCN=[N+]=[N-])c1c1c3ccccc3n(CCN=[N+]=[N-])c21. The van der Waals surface area contributed by atoms with Crippen molar-refractivity contribution in [3.63, 3.8) is 0 Å². The van der Waals surface area contributed by atoms with Gasteiger partial charge in [0, 0.05) is 103 Å². The van der Waals surface area contributed by atoms with Gasteiger partial charge in [0.1, 0.15) is 0 Å². The number of hydrogen-bond acceptors (Lipinski definition) is 3. The molecule has 0 bridgehead atoms. The third-order valence-corrected chi connectivity index (χ3v) is 12.5. The van der Waals surface area contributed by atoms with Gasteiger partial charge in [-0.25, -0.2) is 0 Å². The van der Waals surface area contributed by atoms with Gasteiger partial charge >= 0.3 is 0 Å². The molecule has 0 amide bonds. The van der Waals surface area contributed by atoms with E-state index in [0.29, 0.717) is 32.7 Å². The fourth-order valence-electron chi connectivity index (χ4n) is 9.81. The molecule has 12 heteroatoms. The molecule has 0 aliphatic heterocycles. The van der Waals surface area contributed by atoms with Gasteiger partial charge in [0.25, 0.3) is 0 Å². The Morgan fingerprint density at radius 1 is 0.333 bits per heavy atom. The highest BCUT2D eigenvalue weighted by Gasteiger charge is 2.27. The van der Waals surface area contributed by atoms with E-state index in [9.17, 15) is 11.1 Å². The van der Waals surface area contributed by atoms with E-state index in [-0.39, 0.29) is 0 Å². The van der Waals surface area contributed by atoms with Crippen molar-refractivity contribution in [1.29, 1.82) is 0 Å². The Morgan fingerprint density at radius 2 is 0.617 bits per heavy atom. The van der Waals surface area contributed by atoms with Crippen LogP contribution in [0.3, 0.4) is 0 Å². The van der Waals surface area contributed by atoms with Gasteiger partial charge in [-0.3, -0.25) is 0 Å². The van der Waals surface area contributed by atoms with E-state index in [0.717, 1.165) is 41.5 Å². The number of rotatable bonds is 27. The molecule has 0 aliphatic carbocycles. The van der Waals surface area contributed by atoms with Gasteiger partial charge in [0.2, 0.25) is 0 Å². The smallest absolute Gasteiger partial charge is 0.0614 e. The van der Waals surface area contributed by atoms with Crippen LogP contribution in [0.25, 0.3) is 96.7 Å². The topological polar surface area (TPSA) is 161 Å². The van der Waals surface area contributed by atoms with Crippen LogP contribution in [0, 0.1) is 0 Å². The Balaban J connectivity index is 1.05. The molecular weight excluding hydrogens is 745 g/mol. The maximum Gasteiger partial charge on any atom is 0.0614 e. The van der Waals surface area contributed by atoms with E-state index in [2.05, 4.69) is 117 Å². The minimum absolute atomic E-state index is 0.355. The molecular formula is C48H60N12. The zero-order chi connectivity index (χ0) is 41.4. The molecule has 7 aromatic rings. The zero-order valence-corrected chi connectivity index (χ0v) is 35.3. The summed E-state index contributed by atoms with van der Waals surface area (Å²) in [6.45, 7) is 3.42. The third kappa shape index (κ3) is 9.48. The van der Waals surface area contributed by atoms with Crippen molar-refractivity contribution in [2.45, 2.75) is 135 Å². The molecule has 0 radical (unpaired) electrons. The summed E-state index contributed by atoms with van der Waals surface area (Å²) in [5.41, 5.74) is 33.9. The van der Waals surface area contributed by atoms with E-state index in [4.69, 9.17) is 5.53 Å². The summed E-state index contributed by atoms with van der Waals surface area (Å²) in [6, 6.07) is 26.1. The van der Waals surface area contributed by atoms with Gasteiger partial charge in [-0.1, -0.05) is 173 Å². The van der Waals surface area contributed by atoms with Crippen LogP contribution in [0.15, 0.2) is 88.1 Å². The first-order valence-corrected chi connectivity index (χ1v) is 22.7. The van der Waals surface area contributed by atoms with Crippen molar-refractivity contribution >= 4 is 65.4 Å². The number of aromatic nitrogens is 3. The summed E-state index contributed by atoms with van der Waals surface area (Å²) in [5, 5.41) is 18.9. The quantitative estimate of drug-likeness (QED) is 0.0209. The van der Waals surface area contributed by atoms with Crippen LogP contribution in [0.4, 0.5) is 0 Å². The summed E-state index contributed by atoms with van der Waals surface area (Å²) in [4.78, 5) is 9.03. The number of hydrogen-bond donors (Lipinski definition) is 0. The number of benzene rings is 4. The second-order valence-electron chi connectivity index (χ2n) is 16.4. The van der Waals surface area contributed by atoms with Crippen molar-refractivity contribution in [3.05, 3.63) is 104 Å². The van der Waals surface area contributed by atoms with Crippen LogP contribution < -0.4 is 0 Å². The summed E-state index contributed by atoms with van der Waals surface area (Å²) in [7, 11) is 0. The molecule has 0 saturated carbocycles. The molecule has 4 aromatic carbocycles. The average Bonchev–Trinajstić information content (AvgIpc) is 3.90. The lowest BCUT2D eigenvalue weighted by molar-refractivity contribution is 0.520. The van der Waals surface area contributed by atoms with Gasteiger partial charge in [-0.2, -0.15) is 0 Å². The van der Waals surface area contributed by atoms with Crippen LogP contribution in [-0.4, -0.2) is 33.3 Å². The Hall–Kier alpha value is -5.79. The highest BCUT2D eigenvalue weighted by Crippen LogP contribution is 2.48. The van der Waals surface area contributed by atoms with E-state index in [1.54, 1.807) is 0 Å². The molecule has 0 aliphatic rings. The number of fused-ring (bicyclic) bond motifs is 12. The molecule has 0 atom stereocenters. The van der Waals surface area contributed by atoms with E-state index < -0.39 is 0 Å².